The second-order valence-corrected chi connectivity index (χ2v) is 8.90. The molecule has 4 rings (SSSR count). The third-order valence-electron chi connectivity index (χ3n) is 5.76. The van der Waals surface area contributed by atoms with Crippen molar-refractivity contribution >= 4 is 28.8 Å². The number of thioether (sulfide) groups is 1. The molecule has 1 amide bonds. The molecule has 2 heterocycles. The van der Waals surface area contributed by atoms with Crippen LogP contribution in [0, 0.1) is 12.7 Å². The summed E-state index contributed by atoms with van der Waals surface area (Å²) in [7, 11) is 1.36. The molecule has 0 bridgehead atoms. The molecule has 0 saturated carbocycles. The summed E-state index contributed by atoms with van der Waals surface area (Å²) in [5.74, 6) is -1.04. The van der Waals surface area contributed by atoms with E-state index in [-0.39, 0.29) is 24.7 Å². The summed E-state index contributed by atoms with van der Waals surface area (Å²) in [5, 5.41) is 5.39. The number of hydrogen-bond acceptors (Lipinski definition) is 6. The zero-order valence-electron chi connectivity index (χ0n) is 19.3. The smallest absolute Gasteiger partial charge is 0.338 e. The van der Waals surface area contributed by atoms with E-state index in [1.807, 2.05) is 48.4 Å². The van der Waals surface area contributed by atoms with Gasteiger partial charge in [-0.3, -0.25) is 4.79 Å². The fourth-order valence-corrected chi connectivity index (χ4v) is 5.07. The molecule has 0 saturated heterocycles. The first-order chi connectivity index (χ1) is 16.4. The second-order valence-electron chi connectivity index (χ2n) is 8.06. The molecule has 0 unspecified atom stereocenters. The number of nitrogens with one attached hydrogen (secondary N) is 1. The number of allylic oxidation sites excluding steroid dienone is 1. The molecule has 1 N–H and O–H groups in total. The molecule has 2 aliphatic heterocycles. The molecule has 176 valence electrons. The predicted octanol–water partition coefficient (Wildman–Crippen LogP) is 4.98. The average Bonchev–Trinajstić information content (AvgIpc) is 3.23. The highest BCUT2D eigenvalue weighted by Gasteiger charge is 2.41. The normalized spacial score (nSPS) is 17.2. The molecule has 0 spiro atoms. The van der Waals surface area contributed by atoms with Gasteiger partial charge < -0.3 is 15.0 Å². The van der Waals surface area contributed by atoms with E-state index in [4.69, 9.17) is 9.73 Å². The van der Waals surface area contributed by atoms with Crippen molar-refractivity contribution in [2.75, 3.05) is 7.11 Å². The quantitative estimate of drug-likeness (QED) is 0.568. The number of nitrogens with zero attached hydrogens (tertiary/aromatic N) is 2. The minimum atomic E-state index is -0.463. The highest BCUT2D eigenvalue weighted by molar-refractivity contribution is 8.16. The number of esters is 1. The number of amidine groups is 1. The number of amides is 1. The first-order valence-electron chi connectivity index (χ1n) is 11.0. The van der Waals surface area contributed by atoms with Gasteiger partial charge in [-0.1, -0.05) is 66.7 Å². The summed E-state index contributed by atoms with van der Waals surface area (Å²) in [5.41, 5.74) is 4.27. The van der Waals surface area contributed by atoms with Crippen molar-refractivity contribution in [3.63, 3.8) is 0 Å². The maximum atomic E-state index is 13.9. The third kappa shape index (κ3) is 4.77. The fourth-order valence-electron chi connectivity index (χ4n) is 4.13. The van der Waals surface area contributed by atoms with E-state index in [9.17, 15) is 14.0 Å². The molecule has 34 heavy (non-hydrogen) atoms. The van der Waals surface area contributed by atoms with Crippen molar-refractivity contribution in [2.45, 2.75) is 39.3 Å². The first kappa shape index (κ1) is 23.8. The monoisotopic (exact) mass is 479 g/mol. The van der Waals surface area contributed by atoms with Crippen molar-refractivity contribution in [3.05, 3.63) is 93.4 Å². The maximum absolute atomic E-state index is 13.9. The second kappa shape index (κ2) is 10.3. The lowest BCUT2D eigenvalue weighted by Gasteiger charge is -2.36. The molecule has 2 aliphatic rings. The van der Waals surface area contributed by atoms with E-state index in [0.717, 1.165) is 16.8 Å². The lowest BCUT2D eigenvalue weighted by atomic mass is 9.92. The van der Waals surface area contributed by atoms with Crippen LogP contribution in [-0.2, 0) is 20.9 Å². The molecule has 0 aromatic heterocycles. The number of aliphatic imine (C=N–C) groups is 1. The molecule has 0 fully saturated rings. The largest absolute Gasteiger partial charge is 0.466 e. The van der Waals surface area contributed by atoms with Gasteiger partial charge in [0.05, 0.1) is 30.8 Å². The Labute approximate surface area is 202 Å². The van der Waals surface area contributed by atoms with Crippen LogP contribution in [0.4, 0.5) is 4.39 Å². The molecule has 6 nitrogen and oxygen atoms in total. The molecule has 0 aliphatic carbocycles. The van der Waals surface area contributed by atoms with Crippen molar-refractivity contribution in [3.8, 4) is 0 Å². The maximum Gasteiger partial charge on any atom is 0.338 e. The summed E-state index contributed by atoms with van der Waals surface area (Å²) in [6.07, 6.45) is 0.641. The van der Waals surface area contributed by atoms with E-state index in [2.05, 4.69) is 5.32 Å². The zero-order valence-corrected chi connectivity index (χ0v) is 20.1. The summed E-state index contributed by atoms with van der Waals surface area (Å²) in [6, 6.07) is 13.8. The number of rotatable bonds is 7. The third-order valence-corrected chi connectivity index (χ3v) is 6.65. The summed E-state index contributed by atoms with van der Waals surface area (Å²) in [4.78, 5) is 32.4. The van der Waals surface area contributed by atoms with Crippen molar-refractivity contribution < 1.29 is 18.7 Å². The number of benzene rings is 2. The summed E-state index contributed by atoms with van der Waals surface area (Å²) in [6.45, 7) is 4.05. The standard InChI is InChI=1S/C26H26FN3O3S/c1-4-21-23(25(32)33-3)24(17-10-7-8-16(2)12-17)30-19(15-34-26(30)29-21)13-22(31)28-14-18-9-5-6-11-20(18)27/h5-12,15,24H,4,13-14H2,1-3H3,(H,28,31)/t24-/m1/s1. The summed E-state index contributed by atoms with van der Waals surface area (Å²) < 4.78 is 19.1. The minimum absolute atomic E-state index is 0.0682. The molecular weight excluding hydrogens is 453 g/mol. The molecular formula is C26H26FN3O3S. The number of hydrogen-bond donors (Lipinski definition) is 1. The van der Waals surface area contributed by atoms with Crippen LogP contribution in [-0.4, -0.2) is 29.1 Å². The van der Waals surface area contributed by atoms with E-state index < -0.39 is 12.0 Å². The van der Waals surface area contributed by atoms with Gasteiger partial charge in [0.15, 0.2) is 5.17 Å². The lowest BCUT2D eigenvalue weighted by Crippen LogP contribution is -2.38. The van der Waals surface area contributed by atoms with Crippen LogP contribution in [0.1, 0.15) is 42.5 Å². The molecule has 8 heteroatoms. The van der Waals surface area contributed by atoms with Gasteiger partial charge in [0, 0.05) is 17.8 Å². The van der Waals surface area contributed by atoms with Crippen LogP contribution in [0.5, 0.6) is 0 Å². The SMILES string of the molecule is CCC1=C(C(=O)OC)[C@@H](c2cccc(C)c2)N2C(CC(=O)NCc3ccccc3F)=CSC2=N1. The Morgan fingerprint density at radius 2 is 2.00 bits per heavy atom. The number of ether oxygens (including phenoxy) is 1. The first-order valence-corrected chi connectivity index (χ1v) is 11.9. The van der Waals surface area contributed by atoms with Gasteiger partial charge in [0.2, 0.25) is 5.91 Å². The fraction of sp³-hybridized carbons (Fsp3) is 0.269. The van der Waals surface area contributed by atoms with Crippen molar-refractivity contribution in [1.29, 1.82) is 0 Å². The van der Waals surface area contributed by atoms with Gasteiger partial charge in [-0.05, 0) is 30.4 Å². The highest BCUT2D eigenvalue weighted by atomic mass is 32.2. The Balaban J connectivity index is 1.63. The van der Waals surface area contributed by atoms with Crippen LogP contribution in [0.25, 0.3) is 0 Å². The number of carbonyl (C=O) groups is 2. The lowest BCUT2D eigenvalue weighted by molar-refractivity contribution is -0.136. The van der Waals surface area contributed by atoms with E-state index in [0.29, 0.717) is 28.4 Å². The molecule has 1 atom stereocenters. The van der Waals surface area contributed by atoms with Crippen LogP contribution >= 0.6 is 11.8 Å². The van der Waals surface area contributed by atoms with Gasteiger partial charge in [0.25, 0.3) is 0 Å². The van der Waals surface area contributed by atoms with Gasteiger partial charge in [0.1, 0.15) is 5.82 Å². The summed E-state index contributed by atoms with van der Waals surface area (Å²) >= 11 is 1.42. The molecule has 2 aromatic rings. The Morgan fingerprint density at radius 3 is 2.71 bits per heavy atom. The Morgan fingerprint density at radius 1 is 1.21 bits per heavy atom. The number of aryl methyl sites for hydroxylation is 1. The van der Waals surface area contributed by atoms with Crippen molar-refractivity contribution in [1.82, 2.24) is 10.2 Å². The minimum Gasteiger partial charge on any atom is -0.466 e. The Bertz CT molecular complexity index is 1220. The number of methoxy groups -OCH3 is 1. The molecule has 2 aromatic carbocycles. The number of carbonyl (C=O) groups excluding carboxylic acids is 2. The van der Waals surface area contributed by atoms with Gasteiger partial charge in [-0.15, -0.1) is 0 Å². The zero-order chi connectivity index (χ0) is 24.2. The Hall–Kier alpha value is -3.39. The number of halogens is 1. The van der Waals surface area contributed by atoms with Gasteiger partial charge in [-0.25, -0.2) is 14.2 Å². The topological polar surface area (TPSA) is 71.0 Å². The van der Waals surface area contributed by atoms with Gasteiger partial charge in [-0.2, -0.15) is 0 Å². The van der Waals surface area contributed by atoms with Crippen LogP contribution in [0.2, 0.25) is 0 Å². The van der Waals surface area contributed by atoms with Crippen LogP contribution in [0.3, 0.4) is 0 Å². The van der Waals surface area contributed by atoms with Crippen LogP contribution < -0.4 is 5.32 Å². The van der Waals surface area contributed by atoms with E-state index in [1.54, 1.807) is 18.2 Å². The van der Waals surface area contributed by atoms with Gasteiger partial charge >= 0.3 is 5.97 Å². The van der Waals surface area contributed by atoms with E-state index in [1.165, 1.54) is 24.9 Å². The number of fused-ring (bicyclic) bond motifs is 1. The highest BCUT2D eigenvalue weighted by Crippen LogP contribution is 2.45. The average molecular weight is 480 g/mol. The van der Waals surface area contributed by atoms with Crippen molar-refractivity contribution in [2.24, 2.45) is 4.99 Å². The van der Waals surface area contributed by atoms with Crippen LogP contribution in [0.15, 0.2) is 75.9 Å². The molecule has 0 radical (unpaired) electrons. The predicted molar refractivity (Wildman–Crippen MR) is 131 cm³/mol. The van der Waals surface area contributed by atoms with E-state index >= 15 is 0 Å². The Kier molecular flexibility index (Phi) is 7.17.